The normalized spacial score (nSPS) is 10.6. The lowest BCUT2D eigenvalue weighted by molar-refractivity contribution is -0.137. The number of hydrogen-bond acceptors (Lipinski definition) is 4. The molecule has 0 spiro atoms. The molecule has 1 aromatic carbocycles. The summed E-state index contributed by atoms with van der Waals surface area (Å²) in [7, 11) is 3.11. The van der Waals surface area contributed by atoms with E-state index in [1.807, 2.05) is 0 Å². The van der Waals surface area contributed by atoms with Crippen LogP contribution in [0.4, 0.5) is 0 Å². The van der Waals surface area contributed by atoms with Crippen molar-refractivity contribution in [2.45, 2.75) is 33.1 Å². The average molecular weight is 372 g/mol. The van der Waals surface area contributed by atoms with Crippen LogP contribution in [0.15, 0.2) is 12.1 Å². The smallest absolute Gasteiger partial charge is 0.303 e. The summed E-state index contributed by atoms with van der Waals surface area (Å²) < 4.78 is 11.0. The molecule has 1 amide bonds. The molecule has 0 atom stereocenters. The number of rotatable bonds is 10. The van der Waals surface area contributed by atoms with Crippen molar-refractivity contribution in [2.75, 3.05) is 27.3 Å². The second-order valence-electron chi connectivity index (χ2n) is 6.24. The fourth-order valence-electron chi connectivity index (χ4n) is 2.17. The zero-order chi connectivity index (χ0) is 19.0. The number of halogens is 1. The third-order valence-corrected chi connectivity index (χ3v) is 3.93. The highest BCUT2D eigenvalue weighted by Gasteiger charge is 2.18. The second kappa shape index (κ2) is 10.1. The molecule has 0 bridgehead atoms. The van der Waals surface area contributed by atoms with Gasteiger partial charge >= 0.3 is 5.97 Å². The zero-order valence-electron chi connectivity index (χ0n) is 15.2. The van der Waals surface area contributed by atoms with Crippen molar-refractivity contribution < 1.29 is 24.2 Å². The number of benzene rings is 1. The first-order valence-electron chi connectivity index (χ1n) is 8.23. The van der Waals surface area contributed by atoms with Crippen LogP contribution in [-0.4, -0.2) is 49.2 Å². The molecule has 1 N–H and O–H groups in total. The number of hydrogen-bond donors (Lipinski definition) is 1. The van der Waals surface area contributed by atoms with Crippen molar-refractivity contribution in [3.63, 3.8) is 0 Å². The molecule has 0 aliphatic carbocycles. The van der Waals surface area contributed by atoms with E-state index in [0.717, 1.165) is 6.42 Å². The SMILES string of the molecule is COc1cc(C(=O)N(C)CCCC(=O)O)cc(Cl)c1OCCC(C)C. The number of carboxylic acid groups (broad SMARTS) is 1. The Balaban J connectivity index is 2.85. The third-order valence-electron chi connectivity index (χ3n) is 3.65. The van der Waals surface area contributed by atoms with Gasteiger partial charge in [0.1, 0.15) is 0 Å². The summed E-state index contributed by atoms with van der Waals surface area (Å²) in [5.74, 6) is 0.200. The Morgan fingerprint density at radius 3 is 2.56 bits per heavy atom. The molecule has 1 aromatic rings. The van der Waals surface area contributed by atoms with Crippen molar-refractivity contribution in [1.29, 1.82) is 0 Å². The average Bonchev–Trinajstić information content (AvgIpc) is 2.54. The molecule has 0 aliphatic heterocycles. The van der Waals surface area contributed by atoms with E-state index in [0.29, 0.717) is 47.6 Å². The van der Waals surface area contributed by atoms with Crippen molar-refractivity contribution in [1.82, 2.24) is 4.90 Å². The van der Waals surface area contributed by atoms with E-state index < -0.39 is 5.97 Å². The van der Waals surface area contributed by atoms with E-state index in [2.05, 4.69) is 13.8 Å². The minimum atomic E-state index is -0.881. The number of nitrogens with zero attached hydrogens (tertiary/aromatic N) is 1. The van der Waals surface area contributed by atoms with Crippen LogP contribution in [0.3, 0.4) is 0 Å². The summed E-state index contributed by atoms with van der Waals surface area (Å²) >= 11 is 6.27. The van der Waals surface area contributed by atoms with Gasteiger partial charge in [0.05, 0.1) is 18.7 Å². The summed E-state index contributed by atoms with van der Waals surface area (Å²) in [6.07, 6.45) is 1.29. The number of carboxylic acids is 1. The second-order valence-corrected chi connectivity index (χ2v) is 6.65. The minimum absolute atomic E-state index is 0.0182. The maximum absolute atomic E-state index is 12.5. The predicted molar refractivity (Wildman–Crippen MR) is 96.8 cm³/mol. The molecule has 0 heterocycles. The number of carbonyl (C=O) groups is 2. The standard InChI is InChI=1S/C18H26ClNO5/c1-12(2)7-9-25-17-14(19)10-13(11-15(17)24-4)18(23)20(3)8-5-6-16(21)22/h10-12H,5-9H2,1-4H3,(H,21,22). The van der Waals surface area contributed by atoms with Crippen LogP contribution in [-0.2, 0) is 4.79 Å². The molecule has 0 unspecified atom stereocenters. The van der Waals surface area contributed by atoms with Gasteiger partial charge in [0, 0.05) is 25.6 Å². The first-order chi connectivity index (χ1) is 11.8. The number of aliphatic carboxylic acids is 1. The fraction of sp³-hybridized carbons (Fsp3) is 0.556. The van der Waals surface area contributed by atoms with Crippen LogP contribution in [0.1, 0.15) is 43.5 Å². The van der Waals surface area contributed by atoms with Crippen molar-refractivity contribution in [3.8, 4) is 11.5 Å². The van der Waals surface area contributed by atoms with E-state index >= 15 is 0 Å². The number of methoxy groups -OCH3 is 1. The summed E-state index contributed by atoms with van der Waals surface area (Å²) in [6.45, 7) is 5.06. The van der Waals surface area contributed by atoms with Gasteiger partial charge in [0.15, 0.2) is 11.5 Å². The fourth-order valence-corrected chi connectivity index (χ4v) is 2.43. The maximum Gasteiger partial charge on any atom is 0.303 e. The Morgan fingerprint density at radius 1 is 1.32 bits per heavy atom. The molecular weight excluding hydrogens is 346 g/mol. The lowest BCUT2D eigenvalue weighted by Gasteiger charge is -2.19. The highest BCUT2D eigenvalue weighted by Crippen LogP contribution is 2.37. The summed E-state index contributed by atoms with van der Waals surface area (Å²) in [5, 5.41) is 8.98. The molecule has 7 heteroatoms. The van der Waals surface area contributed by atoms with Crippen molar-refractivity contribution in [2.24, 2.45) is 5.92 Å². The van der Waals surface area contributed by atoms with E-state index in [1.54, 1.807) is 19.2 Å². The zero-order valence-corrected chi connectivity index (χ0v) is 15.9. The number of carbonyl (C=O) groups excluding carboxylic acids is 1. The molecule has 6 nitrogen and oxygen atoms in total. The first kappa shape index (κ1) is 21.1. The Kier molecular flexibility index (Phi) is 8.55. The van der Waals surface area contributed by atoms with Gasteiger partial charge in [-0.1, -0.05) is 25.4 Å². The largest absolute Gasteiger partial charge is 0.493 e. The Labute approximate surface area is 153 Å². The number of ether oxygens (including phenoxy) is 2. The highest BCUT2D eigenvalue weighted by atomic mass is 35.5. The molecule has 0 aromatic heterocycles. The van der Waals surface area contributed by atoms with Crippen LogP contribution in [0, 0.1) is 5.92 Å². The van der Waals surface area contributed by atoms with Crippen LogP contribution in [0.25, 0.3) is 0 Å². The van der Waals surface area contributed by atoms with Gasteiger partial charge in [0.25, 0.3) is 5.91 Å². The first-order valence-corrected chi connectivity index (χ1v) is 8.61. The van der Waals surface area contributed by atoms with Gasteiger partial charge in [0.2, 0.25) is 0 Å². The predicted octanol–water partition coefficient (Wildman–Crippen LogP) is 3.71. The Hall–Kier alpha value is -1.95. The molecule has 0 fully saturated rings. The van der Waals surface area contributed by atoms with E-state index in [4.69, 9.17) is 26.2 Å². The Morgan fingerprint density at radius 2 is 2.00 bits per heavy atom. The summed E-state index contributed by atoms with van der Waals surface area (Å²) in [5.41, 5.74) is 0.371. The molecule has 1 rings (SSSR count). The van der Waals surface area contributed by atoms with Gasteiger partial charge in [-0.05, 0) is 30.9 Å². The van der Waals surface area contributed by atoms with Crippen molar-refractivity contribution in [3.05, 3.63) is 22.7 Å². The van der Waals surface area contributed by atoms with E-state index in [1.165, 1.54) is 12.0 Å². The molecule has 0 saturated heterocycles. The molecule has 25 heavy (non-hydrogen) atoms. The monoisotopic (exact) mass is 371 g/mol. The summed E-state index contributed by atoms with van der Waals surface area (Å²) in [4.78, 5) is 24.5. The van der Waals surface area contributed by atoms with Gasteiger partial charge in [-0.2, -0.15) is 0 Å². The lowest BCUT2D eigenvalue weighted by Crippen LogP contribution is -2.28. The lowest BCUT2D eigenvalue weighted by atomic mass is 10.1. The number of amides is 1. The molecular formula is C18H26ClNO5. The van der Waals surface area contributed by atoms with Gasteiger partial charge in [-0.3, -0.25) is 9.59 Å². The minimum Gasteiger partial charge on any atom is -0.493 e. The molecule has 0 radical (unpaired) electrons. The summed E-state index contributed by atoms with van der Waals surface area (Å²) in [6, 6.07) is 3.14. The Bertz CT molecular complexity index is 603. The van der Waals surface area contributed by atoms with Gasteiger partial charge in [-0.25, -0.2) is 0 Å². The topological polar surface area (TPSA) is 76.1 Å². The highest BCUT2D eigenvalue weighted by molar-refractivity contribution is 6.32. The van der Waals surface area contributed by atoms with E-state index in [-0.39, 0.29) is 12.3 Å². The molecule has 0 saturated carbocycles. The van der Waals surface area contributed by atoms with Gasteiger partial charge < -0.3 is 19.5 Å². The quantitative estimate of drug-likeness (QED) is 0.678. The van der Waals surface area contributed by atoms with Crippen LogP contribution >= 0.6 is 11.6 Å². The molecule has 0 aliphatic rings. The van der Waals surface area contributed by atoms with Crippen LogP contribution in [0.5, 0.6) is 11.5 Å². The maximum atomic E-state index is 12.5. The van der Waals surface area contributed by atoms with Gasteiger partial charge in [-0.15, -0.1) is 0 Å². The van der Waals surface area contributed by atoms with E-state index in [9.17, 15) is 9.59 Å². The molecule has 140 valence electrons. The van der Waals surface area contributed by atoms with Crippen LogP contribution < -0.4 is 9.47 Å². The third kappa shape index (κ3) is 6.82. The van der Waals surface area contributed by atoms with Crippen molar-refractivity contribution >= 4 is 23.5 Å². The van der Waals surface area contributed by atoms with Crippen LogP contribution in [0.2, 0.25) is 5.02 Å².